The molecule has 7 rings (SSSR count). The zero-order valence-electron chi connectivity index (χ0n) is 34.1. The lowest BCUT2D eigenvalue weighted by atomic mass is 9.82. The van der Waals surface area contributed by atoms with Gasteiger partial charge in [0.2, 0.25) is 0 Å². The molecule has 16 heteroatoms. The van der Waals surface area contributed by atoms with Crippen molar-refractivity contribution in [1.82, 2.24) is 20.3 Å². The van der Waals surface area contributed by atoms with Crippen molar-refractivity contribution in [3.63, 3.8) is 0 Å². The molecule has 0 radical (unpaired) electrons. The summed E-state index contributed by atoms with van der Waals surface area (Å²) in [6, 6.07) is 13.6. The molecular formula is C41H56N4P12. The average Bonchev–Trinajstić information content (AvgIpc) is 3.99. The van der Waals surface area contributed by atoms with Crippen molar-refractivity contribution in [1.29, 1.82) is 0 Å². The average molecular weight is 977 g/mol. The highest BCUT2D eigenvalue weighted by Crippen LogP contribution is 2.83. The summed E-state index contributed by atoms with van der Waals surface area (Å²) in [5.41, 5.74) is 21.8. The second-order valence-electron chi connectivity index (χ2n) is 15.4. The number of H-pyrrole nitrogens is 3. The number of rotatable bonds is 7. The number of fused-ring (bicyclic) bond motifs is 8. The molecule has 2 aromatic carbocycles. The van der Waals surface area contributed by atoms with E-state index in [9.17, 15) is 0 Å². The van der Waals surface area contributed by atoms with Crippen LogP contribution in [-0.4, -0.2) is 15.0 Å². The van der Waals surface area contributed by atoms with Crippen molar-refractivity contribution < 1.29 is 0 Å². The van der Waals surface area contributed by atoms with Crippen LogP contribution in [0.5, 0.6) is 0 Å². The van der Waals surface area contributed by atoms with Crippen LogP contribution in [-0.2, 0) is 0 Å². The van der Waals surface area contributed by atoms with Gasteiger partial charge in [0.1, 0.15) is 0 Å². The lowest BCUT2D eigenvalue weighted by Gasteiger charge is -2.32. The Hall–Kier alpha value is 0.460. The molecule has 5 aromatic rings. The van der Waals surface area contributed by atoms with Crippen LogP contribution in [0.2, 0.25) is 0 Å². The highest BCUT2D eigenvalue weighted by Gasteiger charge is 2.35. The van der Waals surface area contributed by atoms with Gasteiger partial charge in [0, 0.05) is 78.5 Å². The highest BCUT2D eigenvalue weighted by molar-refractivity contribution is 8.83. The number of hydrogen-bond donors (Lipinski definition) is 4. The van der Waals surface area contributed by atoms with Crippen LogP contribution < -0.4 is 31.9 Å². The Labute approximate surface area is 362 Å². The fourth-order valence-corrected chi connectivity index (χ4v) is 24.3. The minimum atomic E-state index is -0.563. The van der Waals surface area contributed by atoms with Crippen LogP contribution in [0.4, 0.5) is 0 Å². The molecule has 12 unspecified atom stereocenters. The predicted octanol–water partition coefficient (Wildman–Crippen LogP) is 11.7. The van der Waals surface area contributed by atoms with E-state index in [1.54, 1.807) is 5.30 Å². The van der Waals surface area contributed by atoms with Crippen LogP contribution in [0.1, 0.15) is 86.7 Å². The maximum absolute atomic E-state index is 4.04. The molecule has 1 saturated heterocycles. The van der Waals surface area contributed by atoms with Gasteiger partial charge < -0.3 is 20.3 Å². The Balaban J connectivity index is 1.59. The topological polar surface area (TPSA) is 59.4 Å². The second-order valence-corrected chi connectivity index (χ2v) is 46.0. The molecule has 5 heterocycles. The van der Waals surface area contributed by atoms with Crippen molar-refractivity contribution >= 4 is 139 Å². The molecule has 2 aliphatic rings. The molecule has 1 fully saturated rings. The first-order chi connectivity index (χ1) is 27.0. The largest absolute Gasteiger partial charge is 0.361 e. The first-order valence-electron chi connectivity index (χ1n) is 18.9. The highest BCUT2D eigenvalue weighted by atomic mass is 32.8. The molecule has 8 bridgehead atoms. The Morgan fingerprint density at radius 2 is 1.12 bits per heavy atom. The number of aromatic nitrogens is 3. The molecule has 3 aromatic heterocycles. The smallest absolute Gasteiger partial charge is 0.0486 e. The second kappa shape index (κ2) is 18.3. The summed E-state index contributed by atoms with van der Waals surface area (Å²) in [5, 5.41) is 10.9. The van der Waals surface area contributed by atoms with Crippen LogP contribution in [0.3, 0.4) is 0 Å². The van der Waals surface area contributed by atoms with Gasteiger partial charge in [0.25, 0.3) is 0 Å². The summed E-state index contributed by atoms with van der Waals surface area (Å²) in [6.07, 6.45) is 4.61. The molecule has 0 amide bonds. The number of hydrogen-bond acceptors (Lipinski definition) is 1. The zero-order chi connectivity index (χ0) is 41.4. The van der Waals surface area contributed by atoms with Gasteiger partial charge in [-0.2, -0.15) is 0 Å². The van der Waals surface area contributed by atoms with Crippen molar-refractivity contribution in [3.05, 3.63) is 131 Å². The van der Waals surface area contributed by atoms with Gasteiger partial charge >= 0.3 is 0 Å². The van der Waals surface area contributed by atoms with Gasteiger partial charge in [-0.3, -0.25) is 0 Å². The molecule has 4 nitrogen and oxygen atoms in total. The van der Waals surface area contributed by atoms with E-state index in [0.717, 1.165) is 41.4 Å². The summed E-state index contributed by atoms with van der Waals surface area (Å²) < 4.78 is 0. The summed E-state index contributed by atoms with van der Waals surface area (Å²) in [5.74, 6) is 0.595. The van der Waals surface area contributed by atoms with Gasteiger partial charge in [-0.15, -0.1) is 62.5 Å². The summed E-state index contributed by atoms with van der Waals surface area (Å²) in [7, 11) is 21.6. The van der Waals surface area contributed by atoms with Gasteiger partial charge in [-0.1, -0.05) is 21.8 Å². The number of nitrogens with one attached hydrogen (secondary N) is 4. The Bertz CT molecular complexity index is 2580. The van der Waals surface area contributed by atoms with Gasteiger partial charge in [-0.25, -0.2) is 0 Å². The van der Waals surface area contributed by atoms with Crippen LogP contribution in [0, 0.1) is 60.3 Å². The summed E-state index contributed by atoms with van der Waals surface area (Å²) in [4.78, 5) is 11.8. The first-order valence-corrected chi connectivity index (χ1v) is 38.3. The van der Waals surface area contributed by atoms with E-state index >= 15 is 0 Å². The molecule has 2 aliphatic heterocycles. The standard InChI is InChI=1S/C41H56N4P12/c1-18-19(2)22(5)34(23(6)20(18)3)37-32-15-11-28(43-32)16-27-10-13-30(42-27)36(31-14-12-29(44-31)17-33-21(4)25(8)38(37)45-33)35-24(7)26(9)39(54(47)48)41(55(49)53-46)40(35)56(50)57(51)52/h10-17,21,25,42-45,53H,46-52H2,1-9H3. The van der Waals surface area contributed by atoms with Crippen LogP contribution >= 0.6 is 99.3 Å². The molecule has 4 N–H and O–H groups in total. The lowest BCUT2D eigenvalue weighted by molar-refractivity contribution is 0.561. The monoisotopic (exact) mass is 976 g/mol. The fraction of sp³-hybridized carbons (Fsp3) is 0.268. The number of aromatic amines is 3. The Morgan fingerprint density at radius 1 is 0.561 bits per heavy atom. The van der Waals surface area contributed by atoms with E-state index < -0.39 is 28.9 Å². The molecular weight excluding hydrogens is 920 g/mol. The number of benzene rings is 2. The van der Waals surface area contributed by atoms with Crippen LogP contribution in [0.25, 0.3) is 23.3 Å². The molecule has 57 heavy (non-hydrogen) atoms. The third-order valence-corrected chi connectivity index (χ3v) is 41.3. The van der Waals surface area contributed by atoms with Gasteiger partial charge in [0.15, 0.2) is 0 Å². The van der Waals surface area contributed by atoms with Crippen molar-refractivity contribution in [3.8, 4) is 0 Å². The lowest BCUT2D eigenvalue weighted by Crippen LogP contribution is -2.37. The van der Waals surface area contributed by atoms with E-state index in [1.165, 1.54) is 83.2 Å². The summed E-state index contributed by atoms with van der Waals surface area (Å²) in [6.45, 7) is 20.5. The fourth-order valence-electron chi connectivity index (χ4n) is 8.53. The van der Waals surface area contributed by atoms with Gasteiger partial charge in [-0.05, 0) is 181 Å². The predicted molar refractivity (Wildman–Crippen MR) is 291 cm³/mol. The zero-order valence-corrected chi connectivity index (χ0v) is 46.8. The van der Waals surface area contributed by atoms with E-state index in [4.69, 9.17) is 0 Å². The van der Waals surface area contributed by atoms with E-state index in [1.807, 2.05) is 0 Å². The molecule has 12 atom stereocenters. The van der Waals surface area contributed by atoms with Crippen molar-refractivity contribution in [2.75, 3.05) is 0 Å². The Kier molecular flexibility index (Phi) is 14.6. The van der Waals surface area contributed by atoms with Crippen molar-refractivity contribution in [2.45, 2.75) is 62.3 Å². The minimum absolute atomic E-state index is 0.291. The van der Waals surface area contributed by atoms with E-state index in [2.05, 4.69) is 194 Å². The first kappa shape index (κ1) is 45.5. The van der Waals surface area contributed by atoms with Crippen molar-refractivity contribution in [2.24, 2.45) is 11.8 Å². The number of allylic oxidation sites excluding steroid dienone is 2. The normalized spacial score (nSPS) is 18.2. The van der Waals surface area contributed by atoms with Gasteiger partial charge in [0.05, 0.1) is 0 Å². The third-order valence-electron chi connectivity index (χ3n) is 12.4. The summed E-state index contributed by atoms with van der Waals surface area (Å²) >= 11 is 0. The minimum Gasteiger partial charge on any atom is -0.361 e. The quantitative estimate of drug-likeness (QED) is 0.121. The molecule has 0 saturated carbocycles. The SMILES string of the molecule is Cc1c(C)c(C)c(C2=C3NC(=Cc4ccc([nH]4)C(c4c(C)c(C)c(P(P)P)c(P(P)PP)c4P(P)P(P)P)=c4ccc([nH]4)=Cc4ccc2[nH]4)C(C)C3C)c(C)c1C. The Morgan fingerprint density at radius 3 is 1.70 bits per heavy atom. The maximum atomic E-state index is 4.04. The molecule has 0 aliphatic carbocycles. The van der Waals surface area contributed by atoms with E-state index in [0.29, 0.717) is 11.8 Å². The van der Waals surface area contributed by atoms with E-state index in [-0.39, 0.29) is 0 Å². The van der Waals surface area contributed by atoms with Crippen LogP contribution in [0.15, 0.2) is 47.8 Å². The third kappa shape index (κ3) is 8.37. The molecule has 300 valence electrons. The molecule has 0 spiro atoms. The maximum Gasteiger partial charge on any atom is 0.0486 e.